The molecule has 1 fully saturated rings. The highest BCUT2D eigenvalue weighted by Gasteiger charge is 2.35. The van der Waals surface area contributed by atoms with Crippen LogP contribution in [0, 0.1) is 0 Å². The first-order valence-electron chi connectivity index (χ1n) is 8.34. The van der Waals surface area contributed by atoms with Gasteiger partial charge in [-0.25, -0.2) is 0 Å². The Hall–Kier alpha value is -1.39. The second-order valence-corrected chi connectivity index (χ2v) is 6.61. The van der Waals surface area contributed by atoms with E-state index in [1.807, 2.05) is 6.07 Å². The van der Waals surface area contributed by atoms with Crippen LogP contribution in [0.4, 0.5) is 0 Å². The third-order valence-corrected chi connectivity index (χ3v) is 5.04. The average Bonchev–Trinajstić information content (AvgIpc) is 3.01. The SMILES string of the molecule is COCC1(CNC(=O)C2CCCc3ccccc32)CCCN1. The lowest BCUT2D eigenvalue weighted by atomic mass is 9.82. The lowest BCUT2D eigenvalue weighted by Gasteiger charge is -2.31. The van der Waals surface area contributed by atoms with E-state index in [9.17, 15) is 4.79 Å². The molecule has 4 nitrogen and oxygen atoms in total. The van der Waals surface area contributed by atoms with Crippen molar-refractivity contribution in [3.05, 3.63) is 35.4 Å². The molecule has 3 rings (SSSR count). The fourth-order valence-electron chi connectivity index (χ4n) is 3.88. The highest BCUT2D eigenvalue weighted by molar-refractivity contribution is 5.84. The van der Waals surface area contributed by atoms with Crippen molar-refractivity contribution >= 4 is 5.91 Å². The van der Waals surface area contributed by atoms with Crippen molar-refractivity contribution in [2.45, 2.75) is 43.6 Å². The van der Waals surface area contributed by atoms with Gasteiger partial charge >= 0.3 is 0 Å². The van der Waals surface area contributed by atoms with Crippen molar-refractivity contribution in [2.75, 3.05) is 26.8 Å². The second-order valence-electron chi connectivity index (χ2n) is 6.61. The molecular formula is C18H26N2O2. The number of rotatable bonds is 5. The van der Waals surface area contributed by atoms with Gasteiger partial charge in [0.1, 0.15) is 0 Å². The summed E-state index contributed by atoms with van der Waals surface area (Å²) in [6.07, 6.45) is 5.34. The lowest BCUT2D eigenvalue weighted by Crippen LogP contribution is -2.53. The van der Waals surface area contributed by atoms with Gasteiger partial charge < -0.3 is 15.4 Å². The number of aryl methyl sites for hydroxylation is 1. The minimum Gasteiger partial charge on any atom is -0.383 e. The Morgan fingerprint density at radius 3 is 3.05 bits per heavy atom. The van der Waals surface area contributed by atoms with E-state index < -0.39 is 0 Å². The highest BCUT2D eigenvalue weighted by Crippen LogP contribution is 2.31. The number of fused-ring (bicyclic) bond motifs is 1. The molecule has 0 bridgehead atoms. The van der Waals surface area contributed by atoms with Crippen molar-refractivity contribution in [3.8, 4) is 0 Å². The van der Waals surface area contributed by atoms with Crippen molar-refractivity contribution in [2.24, 2.45) is 0 Å². The number of methoxy groups -OCH3 is 1. The van der Waals surface area contributed by atoms with E-state index in [1.165, 1.54) is 11.1 Å². The molecule has 2 aliphatic rings. The quantitative estimate of drug-likeness (QED) is 0.874. The van der Waals surface area contributed by atoms with Crippen LogP contribution in [0.25, 0.3) is 0 Å². The van der Waals surface area contributed by atoms with Gasteiger partial charge in [-0.3, -0.25) is 4.79 Å². The van der Waals surface area contributed by atoms with E-state index >= 15 is 0 Å². The minimum atomic E-state index is -0.0847. The first kappa shape index (κ1) is 15.5. The third-order valence-electron chi connectivity index (χ3n) is 5.04. The summed E-state index contributed by atoms with van der Waals surface area (Å²) in [6.45, 7) is 2.30. The molecule has 4 heteroatoms. The smallest absolute Gasteiger partial charge is 0.227 e. The second kappa shape index (κ2) is 6.80. The zero-order valence-corrected chi connectivity index (χ0v) is 13.4. The maximum Gasteiger partial charge on any atom is 0.227 e. The first-order chi connectivity index (χ1) is 10.7. The summed E-state index contributed by atoms with van der Waals surface area (Å²) in [7, 11) is 1.72. The molecule has 1 amide bonds. The fraction of sp³-hybridized carbons (Fsp3) is 0.611. The van der Waals surface area contributed by atoms with Crippen molar-refractivity contribution in [3.63, 3.8) is 0 Å². The molecule has 0 spiro atoms. The van der Waals surface area contributed by atoms with Gasteiger partial charge in [0.25, 0.3) is 0 Å². The van der Waals surface area contributed by atoms with Gasteiger partial charge in [-0.2, -0.15) is 0 Å². The van der Waals surface area contributed by atoms with Crippen LogP contribution in [-0.2, 0) is 16.0 Å². The molecule has 1 heterocycles. The van der Waals surface area contributed by atoms with Crippen molar-refractivity contribution in [1.82, 2.24) is 10.6 Å². The number of nitrogens with one attached hydrogen (secondary N) is 2. The van der Waals surface area contributed by atoms with E-state index in [0.717, 1.165) is 38.6 Å². The Bertz CT molecular complexity index is 524. The molecule has 1 aliphatic carbocycles. The van der Waals surface area contributed by atoms with Gasteiger partial charge in [0.05, 0.1) is 18.1 Å². The van der Waals surface area contributed by atoms with Gasteiger partial charge in [0.15, 0.2) is 0 Å². The van der Waals surface area contributed by atoms with Crippen LogP contribution >= 0.6 is 0 Å². The summed E-state index contributed by atoms with van der Waals surface area (Å²) in [5.41, 5.74) is 2.46. The molecule has 2 N–H and O–H groups in total. The van der Waals surface area contributed by atoms with Crippen LogP contribution in [0.5, 0.6) is 0 Å². The fourth-order valence-corrected chi connectivity index (χ4v) is 3.88. The van der Waals surface area contributed by atoms with Crippen LogP contribution in [0.3, 0.4) is 0 Å². The normalized spacial score (nSPS) is 27.4. The van der Waals surface area contributed by atoms with Crippen LogP contribution in [-0.4, -0.2) is 38.3 Å². The Kier molecular flexibility index (Phi) is 4.79. The molecule has 1 saturated heterocycles. The Morgan fingerprint density at radius 1 is 1.41 bits per heavy atom. The van der Waals surface area contributed by atoms with Gasteiger partial charge in [0.2, 0.25) is 5.91 Å². The van der Waals surface area contributed by atoms with E-state index in [4.69, 9.17) is 4.74 Å². The van der Waals surface area contributed by atoms with Gasteiger partial charge in [-0.05, 0) is 49.8 Å². The largest absolute Gasteiger partial charge is 0.383 e. The lowest BCUT2D eigenvalue weighted by molar-refractivity contribution is -0.123. The Labute approximate surface area is 132 Å². The number of hydrogen-bond donors (Lipinski definition) is 2. The number of ether oxygens (including phenoxy) is 1. The predicted molar refractivity (Wildman–Crippen MR) is 87.0 cm³/mol. The zero-order valence-electron chi connectivity index (χ0n) is 13.4. The molecule has 1 aliphatic heterocycles. The van der Waals surface area contributed by atoms with Crippen molar-refractivity contribution < 1.29 is 9.53 Å². The van der Waals surface area contributed by atoms with Crippen LogP contribution < -0.4 is 10.6 Å². The number of benzene rings is 1. The number of amides is 1. The number of carbonyl (C=O) groups is 1. The zero-order chi connectivity index (χ0) is 15.4. The minimum absolute atomic E-state index is 0.00551. The monoisotopic (exact) mass is 302 g/mol. The molecule has 1 aromatic rings. The van der Waals surface area contributed by atoms with Crippen LogP contribution in [0.2, 0.25) is 0 Å². The summed E-state index contributed by atoms with van der Waals surface area (Å²) in [5, 5.41) is 6.69. The maximum atomic E-state index is 12.7. The van der Waals surface area contributed by atoms with E-state index in [0.29, 0.717) is 13.2 Å². The molecule has 0 aromatic heterocycles. The summed E-state index contributed by atoms with van der Waals surface area (Å²) in [4.78, 5) is 12.7. The highest BCUT2D eigenvalue weighted by atomic mass is 16.5. The summed E-state index contributed by atoms with van der Waals surface area (Å²) in [6, 6.07) is 8.36. The molecule has 0 radical (unpaired) electrons. The Morgan fingerprint density at radius 2 is 2.27 bits per heavy atom. The first-order valence-corrected chi connectivity index (χ1v) is 8.34. The van der Waals surface area contributed by atoms with Crippen molar-refractivity contribution in [1.29, 1.82) is 0 Å². The number of hydrogen-bond acceptors (Lipinski definition) is 3. The molecular weight excluding hydrogens is 276 g/mol. The van der Waals surface area contributed by atoms with Gasteiger partial charge in [0, 0.05) is 13.7 Å². The van der Waals surface area contributed by atoms with E-state index in [1.54, 1.807) is 7.11 Å². The molecule has 2 atom stereocenters. The van der Waals surface area contributed by atoms with Crippen LogP contribution in [0.15, 0.2) is 24.3 Å². The molecule has 22 heavy (non-hydrogen) atoms. The maximum absolute atomic E-state index is 12.7. The average molecular weight is 302 g/mol. The van der Waals surface area contributed by atoms with Crippen LogP contribution in [0.1, 0.15) is 42.7 Å². The predicted octanol–water partition coefficient (Wildman–Crippen LogP) is 1.99. The Balaban J connectivity index is 1.65. The number of carbonyl (C=O) groups excluding carboxylic acids is 1. The molecule has 0 saturated carbocycles. The molecule has 1 aromatic carbocycles. The topological polar surface area (TPSA) is 50.4 Å². The third kappa shape index (κ3) is 3.18. The van der Waals surface area contributed by atoms with E-state index in [2.05, 4.69) is 28.8 Å². The van der Waals surface area contributed by atoms with Gasteiger partial charge in [-0.15, -0.1) is 0 Å². The summed E-state index contributed by atoms with van der Waals surface area (Å²) in [5.74, 6) is 0.169. The molecule has 120 valence electrons. The standard InChI is InChI=1S/C18H26N2O2/c1-22-13-18(10-5-11-20-18)12-19-17(21)16-9-4-7-14-6-2-3-8-15(14)16/h2-3,6,8,16,20H,4-5,7,9-13H2,1H3,(H,19,21). The summed E-state index contributed by atoms with van der Waals surface area (Å²) >= 11 is 0. The van der Waals surface area contributed by atoms with E-state index in [-0.39, 0.29) is 17.4 Å². The molecule has 2 unspecified atom stereocenters. The summed E-state index contributed by atoms with van der Waals surface area (Å²) < 4.78 is 5.35. The van der Waals surface area contributed by atoms with Gasteiger partial charge in [-0.1, -0.05) is 24.3 Å².